The quantitative estimate of drug-likeness (QED) is 0.868. The zero-order valence-electron chi connectivity index (χ0n) is 12.3. The van der Waals surface area contributed by atoms with Crippen molar-refractivity contribution in [2.45, 2.75) is 39.2 Å². The van der Waals surface area contributed by atoms with Crippen LogP contribution in [0.3, 0.4) is 0 Å². The summed E-state index contributed by atoms with van der Waals surface area (Å²) in [4.78, 5) is 0. The topological polar surface area (TPSA) is 38.0 Å². The number of halogens is 2. The summed E-state index contributed by atoms with van der Waals surface area (Å²) in [6.07, 6.45) is 1.43. The molecular formula is C16H20Cl2N2O. The summed E-state index contributed by atoms with van der Waals surface area (Å²) in [6, 6.07) is 7.61. The largest absolute Gasteiger partial charge is 0.396 e. The number of hydrogen-bond donors (Lipinski definition) is 1. The molecule has 1 aromatic carbocycles. The van der Waals surface area contributed by atoms with Gasteiger partial charge in [0.1, 0.15) is 0 Å². The fraction of sp³-hybridized carbons (Fsp3) is 0.438. The van der Waals surface area contributed by atoms with Gasteiger partial charge < -0.3 is 5.11 Å². The predicted molar refractivity (Wildman–Crippen MR) is 87.3 cm³/mol. The Balaban J connectivity index is 2.35. The number of benzene rings is 1. The third-order valence-corrected chi connectivity index (χ3v) is 4.48. The summed E-state index contributed by atoms with van der Waals surface area (Å²) >= 11 is 12.7. The molecule has 114 valence electrons. The monoisotopic (exact) mass is 326 g/mol. The van der Waals surface area contributed by atoms with Crippen molar-refractivity contribution >= 4 is 23.2 Å². The van der Waals surface area contributed by atoms with Gasteiger partial charge in [0.2, 0.25) is 0 Å². The van der Waals surface area contributed by atoms with E-state index >= 15 is 0 Å². The Kier molecular flexibility index (Phi) is 5.68. The molecule has 0 bridgehead atoms. The van der Waals surface area contributed by atoms with E-state index in [2.05, 4.69) is 5.10 Å². The van der Waals surface area contributed by atoms with Crippen molar-refractivity contribution < 1.29 is 5.11 Å². The molecule has 21 heavy (non-hydrogen) atoms. The second-order valence-corrected chi connectivity index (χ2v) is 5.77. The molecule has 0 fully saturated rings. The lowest BCUT2D eigenvalue weighted by Crippen LogP contribution is -2.12. The van der Waals surface area contributed by atoms with Gasteiger partial charge in [-0.05, 0) is 31.4 Å². The van der Waals surface area contributed by atoms with Crippen LogP contribution < -0.4 is 0 Å². The summed E-state index contributed by atoms with van der Waals surface area (Å²) in [7, 11) is 0. The van der Waals surface area contributed by atoms with E-state index in [1.807, 2.05) is 42.8 Å². The molecular weight excluding hydrogens is 307 g/mol. The first-order valence-corrected chi connectivity index (χ1v) is 7.97. The van der Waals surface area contributed by atoms with Gasteiger partial charge in [0.05, 0.1) is 23.0 Å². The van der Waals surface area contributed by atoms with Crippen LogP contribution in [0.4, 0.5) is 0 Å². The highest BCUT2D eigenvalue weighted by Crippen LogP contribution is 2.31. The average molecular weight is 327 g/mol. The first-order valence-electron chi connectivity index (χ1n) is 7.21. The maximum Gasteiger partial charge on any atom is 0.0850 e. The van der Waals surface area contributed by atoms with E-state index in [0.29, 0.717) is 16.5 Å². The molecule has 3 nitrogen and oxygen atoms in total. The lowest BCUT2D eigenvalue weighted by molar-refractivity contribution is 0.263. The summed E-state index contributed by atoms with van der Waals surface area (Å²) in [6.45, 7) is 4.86. The minimum absolute atomic E-state index is 0.0242. The van der Waals surface area contributed by atoms with Crippen molar-refractivity contribution in [3.8, 4) is 0 Å². The molecule has 2 rings (SSSR count). The maximum atomic E-state index is 9.75. The number of aliphatic hydroxyl groups excluding tert-OH is 1. The van der Waals surface area contributed by atoms with Gasteiger partial charge in [-0.1, -0.05) is 48.3 Å². The van der Waals surface area contributed by atoms with Crippen LogP contribution in [0.15, 0.2) is 24.3 Å². The smallest absolute Gasteiger partial charge is 0.0850 e. The van der Waals surface area contributed by atoms with Crippen LogP contribution in [0.2, 0.25) is 10.0 Å². The molecule has 0 spiro atoms. The standard InChI is InChI=1S/C16H20Cl2N2O/c1-3-14-16(18)15(20(4-2)19-14)9-11(10-21)12-7-5-6-8-13(12)17/h5-8,11,21H,3-4,9-10H2,1-2H3. The van der Waals surface area contributed by atoms with Crippen LogP contribution in [-0.2, 0) is 19.4 Å². The molecule has 0 aliphatic rings. The number of aliphatic hydroxyl groups is 1. The van der Waals surface area contributed by atoms with E-state index in [4.69, 9.17) is 23.2 Å². The van der Waals surface area contributed by atoms with Gasteiger partial charge in [-0.25, -0.2) is 0 Å². The summed E-state index contributed by atoms with van der Waals surface area (Å²) in [5, 5.41) is 15.7. The fourth-order valence-corrected chi connectivity index (χ4v) is 3.16. The van der Waals surface area contributed by atoms with Crippen LogP contribution >= 0.6 is 23.2 Å². The zero-order chi connectivity index (χ0) is 15.4. The molecule has 1 aromatic heterocycles. The van der Waals surface area contributed by atoms with Crippen LogP contribution in [-0.4, -0.2) is 21.5 Å². The Labute approximate surface area is 135 Å². The maximum absolute atomic E-state index is 9.75. The van der Waals surface area contributed by atoms with E-state index < -0.39 is 0 Å². The minimum Gasteiger partial charge on any atom is -0.396 e. The Bertz CT molecular complexity index is 610. The minimum atomic E-state index is -0.0806. The third kappa shape index (κ3) is 3.42. The molecule has 5 heteroatoms. The summed E-state index contributed by atoms with van der Waals surface area (Å²) in [5.41, 5.74) is 2.82. The molecule has 0 aliphatic heterocycles. The molecule has 0 amide bonds. The van der Waals surface area contributed by atoms with Crippen molar-refractivity contribution in [3.05, 3.63) is 51.3 Å². The van der Waals surface area contributed by atoms with E-state index in [-0.39, 0.29) is 12.5 Å². The van der Waals surface area contributed by atoms with Gasteiger partial charge >= 0.3 is 0 Å². The lowest BCUT2D eigenvalue weighted by Gasteiger charge is -2.17. The first-order chi connectivity index (χ1) is 10.1. The number of aromatic nitrogens is 2. The molecule has 0 aliphatic carbocycles. The van der Waals surface area contributed by atoms with Crippen LogP contribution in [0.25, 0.3) is 0 Å². The molecule has 1 unspecified atom stereocenters. The fourth-order valence-electron chi connectivity index (χ4n) is 2.52. The highest BCUT2D eigenvalue weighted by Gasteiger charge is 2.21. The molecule has 2 aromatic rings. The summed E-state index contributed by atoms with van der Waals surface area (Å²) in [5.74, 6) is -0.0806. The van der Waals surface area contributed by atoms with Gasteiger partial charge in [-0.3, -0.25) is 4.68 Å². The highest BCUT2D eigenvalue weighted by molar-refractivity contribution is 6.32. The van der Waals surface area contributed by atoms with E-state index in [9.17, 15) is 5.11 Å². The van der Waals surface area contributed by atoms with Crippen molar-refractivity contribution in [2.24, 2.45) is 0 Å². The van der Waals surface area contributed by atoms with Crippen molar-refractivity contribution in [1.29, 1.82) is 0 Å². The lowest BCUT2D eigenvalue weighted by atomic mass is 9.94. The third-order valence-electron chi connectivity index (χ3n) is 3.70. The summed E-state index contributed by atoms with van der Waals surface area (Å²) < 4.78 is 1.92. The van der Waals surface area contributed by atoms with Crippen molar-refractivity contribution in [1.82, 2.24) is 9.78 Å². The molecule has 0 saturated carbocycles. The second kappa shape index (κ2) is 7.30. The molecule has 0 radical (unpaired) electrons. The van der Waals surface area contributed by atoms with Gasteiger partial charge in [0.25, 0.3) is 0 Å². The number of hydrogen-bond acceptors (Lipinski definition) is 2. The van der Waals surface area contributed by atoms with E-state index in [1.54, 1.807) is 0 Å². The molecule has 1 heterocycles. The van der Waals surface area contributed by atoms with Crippen LogP contribution in [0.5, 0.6) is 0 Å². The number of nitrogens with zero attached hydrogens (tertiary/aromatic N) is 2. The normalized spacial score (nSPS) is 12.6. The van der Waals surface area contributed by atoms with Gasteiger partial charge in [0, 0.05) is 17.5 Å². The Morgan fingerprint density at radius 2 is 1.95 bits per heavy atom. The molecule has 1 N–H and O–H groups in total. The van der Waals surface area contributed by atoms with E-state index in [1.165, 1.54) is 0 Å². The Hall–Kier alpha value is -1.03. The average Bonchev–Trinajstić information content (AvgIpc) is 2.81. The molecule has 0 saturated heterocycles. The van der Waals surface area contributed by atoms with Gasteiger partial charge in [-0.2, -0.15) is 5.10 Å². The Morgan fingerprint density at radius 1 is 1.24 bits per heavy atom. The zero-order valence-corrected chi connectivity index (χ0v) is 13.8. The highest BCUT2D eigenvalue weighted by atomic mass is 35.5. The van der Waals surface area contributed by atoms with Crippen molar-refractivity contribution in [2.75, 3.05) is 6.61 Å². The Morgan fingerprint density at radius 3 is 2.52 bits per heavy atom. The number of aryl methyl sites for hydroxylation is 2. The van der Waals surface area contributed by atoms with Crippen LogP contribution in [0.1, 0.15) is 36.7 Å². The van der Waals surface area contributed by atoms with Crippen LogP contribution in [0, 0.1) is 0 Å². The predicted octanol–water partition coefficient (Wildman–Crippen LogP) is 4.09. The van der Waals surface area contributed by atoms with Gasteiger partial charge in [0.15, 0.2) is 0 Å². The van der Waals surface area contributed by atoms with E-state index in [0.717, 1.165) is 29.9 Å². The SMILES string of the molecule is CCc1nn(CC)c(CC(CO)c2ccccc2Cl)c1Cl. The first kappa shape index (κ1) is 16.3. The van der Waals surface area contributed by atoms with Crippen molar-refractivity contribution in [3.63, 3.8) is 0 Å². The van der Waals surface area contributed by atoms with Gasteiger partial charge in [-0.15, -0.1) is 0 Å². The molecule has 1 atom stereocenters. The number of rotatable bonds is 6. The second-order valence-electron chi connectivity index (χ2n) is 4.98.